The number of oxime groups is 1. The van der Waals surface area contributed by atoms with E-state index in [4.69, 9.17) is 15.7 Å². The Labute approximate surface area is 125 Å². The Morgan fingerprint density at radius 3 is 2.90 bits per heavy atom. The Hall–Kier alpha value is -1.34. The van der Waals surface area contributed by atoms with Crippen LogP contribution in [-0.4, -0.2) is 36.3 Å². The van der Waals surface area contributed by atoms with Crippen molar-refractivity contribution in [2.24, 2.45) is 10.9 Å². The zero-order chi connectivity index (χ0) is 14.9. The summed E-state index contributed by atoms with van der Waals surface area (Å²) in [6.07, 6.45) is 0.0492. The van der Waals surface area contributed by atoms with Crippen LogP contribution >= 0.6 is 15.9 Å². The zero-order valence-electron chi connectivity index (χ0n) is 11.3. The Balaban J connectivity index is 2.41. The second-order valence-corrected chi connectivity index (χ2v) is 5.68. The topological polar surface area (TPSA) is 71.1 Å². The molecule has 0 aromatic heterocycles. The van der Waals surface area contributed by atoms with E-state index in [-0.39, 0.29) is 22.5 Å². The Kier molecular flexibility index (Phi) is 4.49. The van der Waals surface area contributed by atoms with Gasteiger partial charge in [0.25, 0.3) is 0 Å². The first-order valence-corrected chi connectivity index (χ1v) is 7.09. The summed E-state index contributed by atoms with van der Waals surface area (Å²) < 4.78 is 20.3. The molecule has 1 aromatic carbocycles. The van der Waals surface area contributed by atoms with Crippen molar-refractivity contribution < 1.29 is 14.3 Å². The minimum atomic E-state index is -0.421. The van der Waals surface area contributed by atoms with E-state index in [1.807, 2.05) is 18.7 Å². The lowest BCUT2D eigenvalue weighted by Crippen LogP contribution is -2.47. The van der Waals surface area contributed by atoms with Gasteiger partial charge in [-0.2, -0.15) is 0 Å². The molecule has 3 N–H and O–H groups in total. The molecular weight excluding hydrogens is 329 g/mol. The molecule has 5 nitrogen and oxygen atoms in total. The van der Waals surface area contributed by atoms with Gasteiger partial charge in [-0.1, -0.05) is 5.16 Å². The monoisotopic (exact) mass is 345 g/mol. The van der Waals surface area contributed by atoms with Crippen molar-refractivity contribution in [3.05, 3.63) is 28.0 Å². The molecule has 7 heteroatoms. The highest BCUT2D eigenvalue weighted by Gasteiger charge is 2.27. The minimum absolute atomic E-state index is 0.0492. The highest BCUT2D eigenvalue weighted by atomic mass is 79.9. The minimum Gasteiger partial charge on any atom is -0.409 e. The number of amidine groups is 1. The molecule has 2 atom stereocenters. The summed E-state index contributed by atoms with van der Waals surface area (Å²) in [5.41, 5.74) is 6.31. The smallest absolute Gasteiger partial charge is 0.171 e. The van der Waals surface area contributed by atoms with Crippen LogP contribution in [0.4, 0.5) is 10.1 Å². The van der Waals surface area contributed by atoms with E-state index >= 15 is 0 Å². The quantitative estimate of drug-likeness (QED) is 0.373. The lowest BCUT2D eigenvalue weighted by atomic mass is 10.1. The first kappa shape index (κ1) is 15.1. The summed E-state index contributed by atoms with van der Waals surface area (Å²) in [4.78, 5) is 1.96. The number of hydrogen-bond donors (Lipinski definition) is 2. The third kappa shape index (κ3) is 2.73. The maximum absolute atomic E-state index is 14.5. The average molecular weight is 346 g/mol. The summed E-state index contributed by atoms with van der Waals surface area (Å²) in [7, 11) is 0. The van der Waals surface area contributed by atoms with Crippen LogP contribution in [0.25, 0.3) is 0 Å². The number of rotatable bonds is 2. The van der Waals surface area contributed by atoms with Gasteiger partial charge in [0, 0.05) is 18.2 Å². The zero-order valence-corrected chi connectivity index (χ0v) is 12.9. The van der Waals surface area contributed by atoms with E-state index in [2.05, 4.69) is 21.1 Å². The number of benzene rings is 1. The number of ether oxygens (including phenoxy) is 1. The second-order valence-electron chi connectivity index (χ2n) is 4.89. The van der Waals surface area contributed by atoms with E-state index in [9.17, 15) is 4.39 Å². The lowest BCUT2D eigenvalue weighted by molar-refractivity contribution is 0.0341. The summed E-state index contributed by atoms with van der Waals surface area (Å²) in [5, 5.41) is 11.6. The third-order valence-electron chi connectivity index (χ3n) is 3.36. The molecule has 1 aliphatic heterocycles. The fraction of sp³-hybridized carbons (Fsp3) is 0.462. The molecule has 2 rings (SSSR count). The van der Waals surface area contributed by atoms with Crippen molar-refractivity contribution in [3.8, 4) is 0 Å². The van der Waals surface area contributed by atoms with Crippen LogP contribution < -0.4 is 10.6 Å². The van der Waals surface area contributed by atoms with Gasteiger partial charge in [0.15, 0.2) is 11.7 Å². The fourth-order valence-corrected chi connectivity index (χ4v) is 2.79. The number of halogens is 2. The van der Waals surface area contributed by atoms with Gasteiger partial charge in [-0.05, 0) is 41.9 Å². The summed E-state index contributed by atoms with van der Waals surface area (Å²) in [6, 6.07) is 3.36. The SMILES string of the molecule is CC1CN(c2ccc(/C(N)=N/O)c(Br)c2F)C(C)CO1. The van der Waals surface area contributed by atoms with E-state index in [0.717, 1.165) is 0 Å². The highest BCUT2D eigenvalue weighted by Crippen LogP contribution is 2.31. The molecular formula is C13H17BrFN3O2. The molecule has 1 aliphatic rings. The van der Waals surface area contributed by atoms with Gasteiger partial charge in [-0.3, -0.25) is 0 Å². The van der Waals surface area contributed by atoms with Gasteiger partial charge in [0.1, 0.15) is 0 Å². The normalized spacial score (nSPS) is 24.0. The molecule has 0 amide bonds. The highest BCUT2D eigenvalue weighted by molar-refractivity contribution is 9.10. The number of nitrogens with zero attached hydrogens (tertiary/aromatic N) is 2. The van der Waals surface area contributed by atoms with Crippen LogP contribution in [0.2, 0.25) is 0 Å². The molecule has 1 fully saturated rings. The van der Waals surface area contributed by atoms with E-state index in [1.54, 1.807) is 12.1 Å². The number of anilines is 1. The standard InChI is InChI=1S/C13H17BrFN3O2/c1-7-6-20-8(2)5-18(7)10-4-3-9(13(16)17-19)11(14)12(10)15/h3-4,7-8,19H,5-6H2,1-2H3,(H2,16,17). The van der Waals surface area contributed by atoms with Crippen LogP contribution in [0.15, 0.2) is 21.8 Å². The fourth-order valence-electron chi connectivity index (χ4n) is 2.25. The first-order chi connectivity index (χ1) is 9.45. The number of hydrogen-bond acceptors (Lipinski definition) is 4. The van der Waals surface area contributed by atoms with Crippen LogP contribution in [0.5, 0.6) is 0 Å². The van der Waals surface area contributed by atoms with Crippen LogP contribution in [0, 0.1) is 5.82 Å². The van der Waals surface area contributed by atoms with Gasteiger partial charge in [-0.15, -0.1) is 0 Å². The third-order valence-corrected chi connectivity index (χ3v) is 4.14. The largest absolute Gasteiger partial charge is 0.409 e. The molecule has 20 heavy (non-hydrogen) atoms. The molecule has 2 unspecified atom stereocenters. The van der Waals surface area contributed by atoms with Crippen LogP contribution in [-0.2, 0) is 4.74 Å². The van der Waals surface area contributed by atoms with E-state index in [1.165, 1.54) is 0 Å². The maximum Gasteiger partial charge on any atom is 0.171 e. The summed E-state index contributed by atoms with van der Waals surface area (Å²) >= 11 is 3.17. The van der Waals surface area contributed by atoms with Crippen molar-refractivity contribution in [3.63, 3.8) is 0 Å². The number of morpholine rings is 1. The van der Waals surface area contributed by atoms with Gasteiger partial charge < -0.3 is 20.6 Å². The van der Waals surface area contributed by atoms with Crippen LogP contribution in [0.1, 0.15) is 19.4 Å². The van der Waals surface area contributed by atoms with Crippen molar-refractivity contribution in [2.75, 3.05) is 18.1 Å². The summed E-state index contributed by atoms with van der Waals surface area (Å²) in [6.45, 7) is 5.11. The number of nitrogens with two attached hydrogens (primary N) is 1. The molecule has 0 aliphatic carbocycles. The molecule has 0 radical (unpaired) electrons. The molecule has 1 heterocycles. The molecule has 1 saturated heterocycles. The lowest BCUT2D eigenvalue weighted by Gasteiger charge is -2.38. The van der Waals surface area contributed by atoms with Crippen molar-refractivity contribution in [1.82, 2.24) is 0 Å². The van der Waals surface area contributed by atoms with E-state index in [0.29, 0.717) is 24.4 Å². The molecule has 1 aromatic rings. The Bertz CT molecular complexity index is 539. The van der Waals surface area contributed by atoms with E-state index < -0.39 is 5.82 Å². The first-order valence-electron chi connectivity index (χ1n) is 6.29. The predicted octanol–water partition coefficient (Wildman–Crippen LogP) is 2.30. The van der Waals surface area contributed by atoms with Gasteiger partial charge in [0.2, 0.25) is 0 Å². The van der Waals surface area contributed by atoms with Crippen molar-refractivity contribution in [2.45, 2.75) is 26.0 Å². The van der Waals surface area contributed by atoms with Gasteiger partial charge in [0.05, 0.1) is 22.9 Å². The molecule has 0 bridgehead atoms. The second kappa shape index (κ2) is 5.97. The van der Waals surface area contributed by atoms with Crippen molar-refractivity contribution >= 4 is 27.5 Å². The molecule has 0 spiro atoms. The Morgan fingerprint density at radius 1 is 1.55 bits per heavy atom. The maximum atomic E-state index is 14.5. The van der Waals surface area contributed by atoms with Crippen LogP contribution in [0.3, 0.4) is 0 Å². The Morgan fingerprint density at radius 2 is 2.25 bits per heavy atom. The van der Waals surface area contributed by atoms with Gasteiger partial charge in [-0.25, -0.2) is 4.39 Å². The summed E-state index contributed by atoms with van der Waals surface area (Å²) in [5.74, 6) is -0.555. The predicted molar refractivity (Wildman–Crippen MR) is 78.8 cm³/mol. The van der Waals surface area contributed by atoms with Crippen molar-refractivity contribution in [1.29, 1.82) is 0 Å². The average Bonchev–Trinajstić information content (AvgIpc) is 2.44. The molecule has 0 saturated carbocycles. The van der Waals surface area contributed by atoms with Gasteiger partial charge >= 0.3 is 0 Å². The molecule has 110 valence electrons.